The number of hydrogen-bond acceptors (Lipinski definition) is 7. The molecule has 0 radical (unpaired) electrons. The number of rotatable bonds is 8. The Morgan fingerprint density at radius 2 is 1.97 bits per heavy atom. The Balaban J connectivity index is 1.34. The minimum atomic E-state index is -1.09. The zero-order valence-electron chi connectivity index (χ0n) is 18.5. The minimum Gasteiger partial charge on any atom is -0.469 e. The van der Waals surface area contributed by atoms with Crippen LogP contribution in [0.3, 0.4) is 0 Å². The maximum Gasteiger partial charge on any atom is 0.344 e. The number of furan rings is 1. The van der Waals surface area contributed by atoms with Crippen molar-refractivity contribution in [3.8, 4) is 11.4 Å². The van der Waals surface area contributed by atoms with Gasteiger partial charge >= 0.3 is 6.03 Å². The predicted molar refractivity (Wildman–Crippen MR) is 121 cm³/mol. The van der Waals surface area contributed by atoms with E-state index >= 15 is 0 Å². The van der Waals surface area contributed by atoms with Gasteiger partial charge in [-0.15, -0.1) is 10.2 Å². The predicted octanol–water partition coefficient (Wildman–Crippen LogP) is 2.45. The van der Waals surface area contributed by atoms with Crippen LogP contribution < -0.4 is 10.7 Å². The van der Waals surface area contributed by atoms with Gasteiger partial charge in [-0.1, -0.05) is 42.1 Å². The summed E-state index contributed by atoms with van der Waals surface area (Å²) in [6.45, 7) is 3.49. The Morgan fingerprint density at radius 3 is 2.67 bits per heavy atom. The quantitative estimate of drug-likeness (QED) is 0.385. The molecule has 10 nitrogen and oxygen atoms in total. The van der Waals surface area contributed by atoms with Crippen LogP contribution in [0.2, 0.25) is 0 Å². The number of nitrogens with one attached hydrogen (secondary N) is 2. The van der Waals surface area contributed by atoms with E-state index in [2.05, 4.69) is 20.9 Å². The van der Waals surface area contributed by atoms with Gasteiger partial charge in [0, 0.05) is 7.05 Å². The molecule has 3 heterocycles. The lowest BCUT2D eigenvalue weighted by molar-refractivity contribution is -0.138. The van der Waals surface area contributed by atoms with Crippen molar-refractivity contribution in [2.24, 2.45) is 7.05 Å². The van der Waals surface area contributed by atoms with Crippen LogP contribution in [0, 0.1) is 6.92 Å². The van der Waals surface area contributed by atoms with Gasteiger partial charge in [0.1, 0.15) is 11.3 Å². The average Bonchev–Trinajstić information content (AvgIpc) is 3.44. The third kappa shape index (κ3) is 4.63. The zero-order valence-corrected chi connectivity index (χ0v) is 19.3. The summed E-state index contributed by atoms with van der Waals surface area (Å²) in [5, 5.41) is 12.2. The van der Waals surface area contributed by atoms with Crippen LogP contribution >= 0.6 is 11.8 Å². The minimum absolute atomic E-state index is 0.0475. The molecule has 33 heavy (non-hydrogen) atoms. The molecule has 0 aliphatic carbocycles. The number of imide groups is 1. The molecule has 0 saturated carbocycles. The molecule has 172 valence electrons. The Hall–Kier alpha value is -3.60. The van der Waals surface area contributed by atoms with Gasteiger partial charge in [0.15, 0.2) is 11.0 Å². The second-order valence-electron chi connectivity index (χ2n) is 7.97. The number of aromatic nitrogens is 3. The molecule has 0 bridgehead atoms. The van der Waals surface area contributed by atoms with Gasteiger partial charge in [-0.25, -0.2) is 4.79 Å². The van der Waals surface area contributed by atoms with Crippen molar-refractivity contribution in [1.82, 2.24) is 30.5 Å². The molecule has 11 heteroatoms. The van der Waals surface area contributed by atoms with Gasteiger partial charge < -0.3 is 14.3 Å². The fraction of sp³-hybridized carbons (Fsp3) is 0.318. The van der Waals surface area contributed by atoms with Crippen molar-refractivity contribution in [3.05, 3.63) is 54.0 Å². The summed E-state index contributed by atoms with van der Waals surface area (Å²) in [7, 11) is 1.79. The molecule has 1 aliphatic rings. The number of hydrazine groups is 1. The van der Waals surface area contributed by atoms with E-state index in [1.54, 1.807) is 30.9 Å². The molecule has 1 aromatic carbocycles. The first-order valence-corrected chi connectivity index (χ1v) is 11.3. The van der Waals surface area contributed by atoms with Crippen LogP contribution in [0.5, 0.6) is 0 Å². The third-order valence-corrected chi connectivity index (χ3v) is 6.54. The number of thioether (sulfide) groups is 1. The molecule has 4 amide bonds. The van der Waals surface area contributed by atoms with E-state index in [-0.39, 0.29) is 5.75 Å². The lowest BCUT2D eigenvalue weighted by Gasteiger charge is -2.21. The smallest absolute Gasteiger partial charge is 0.344 e. The Labute approximate surface area is 194 Å². The number of amides is 4. The number of aryl methyl sites for hydroxylation is 2. The molecule has 1 fully saturated rings. The van der Waals surface area contributed by atoms with Gasteiger partial charge in [-0.05, 0) is 38.3 Å². The van der Waals surface area contributed by atoms with Crippen LogP contribution in [-0.4, -0.2) is 48.9 Å². The monoisotopic (exact) mass is 468 g/mol. The Morgan fingerprint density at radius 1 is 1.21 bits per heavy atom. The highest BCUT2D eigenvalue weighted by Gasteiger charge is 2.48. The van der Waals surface area contributed by atoms with E-state index in [1.807, 2.05) is 37.3 Å². The number of carbonyl (C=O) groups excluding carboxylic acids is 3. The summed E-state index contributed by atoms with van der Waals surface area (Å²) in [5.41, 5.74) is 3.19. The first-order chi connectivity index (χ1) is 15.8. The van der Waals surface area contributed by atoms with E-state index in [0.29, 0.717) is 29.6 Å². The summed E-state index contributed by atoms with van der Waals surface area (Å²) in [6, 6.07) is 10.8. The van der Waals surface area contributed by atoms with E-state index in [1.165, 1.54) is 0 Å². The van der Waals surface area contributed by atoms with Crippen LogP contribution in [0.15, 0.2) is 52.2 Å². The fourth-order valence-corrected chi connectivity index (χ4v) is 4.28. The van der Waals surface area contributed by atoms with Gasteiger partial charge in [0.2, 0.25) is 5.91 Å². The molecule has 2 aromatic heterocycles. The van der Waals surface area contributed by atoms with Crippen LogP contribution in [0.25, 0.3) is 11.4 Å². The van der Waals surface area contributed by atoms with E-state index in [4.69, 9.17) is 4.42 Å². The Bertz CT molecular complexity index is 1190. The number of hydrogen-bond donors (Lipinski definition) is 2. The Kier molecular flexibility index (Phi) is 6.23. The second-order valence-corrected chi connectivity index (χ2v) is 8.91. The number of benzene rings is 1. The van der Waals surface area contributed by atoms with Gasteiger partial charge in [0.05, 0.1) is 17.6 Å². The molecule has 4 rings (SSSR count). The van der Waals surface area contributed by atoms with Crippen molar-refractivity contribution >= 4 is 29.6 Å². The fourth-order valence-electron chi connectivity index (χ4n) is 3.57. The highest BCUT2D eigenvalue weighted by Crippen LogP contribution is 2.26. The molecule has 2 N–H and O–H groups in total. The summed E-state index contributed by atoms with van der Waals surface area (Å²) < 4.78 is 7.06. The average molecular weight is 469 g/mol. The SMILES string of the molecule is Cc1occc1-c1nnc(SCC(=O)NN2C(=O)N[C@](C)(CCc3ccccc3)C2=O)n1C. The number of urea groups is 1. The second kappa shape index (κ2) is 9.10. The first kappa shape index (κ1) is 22.6. The summed E-state index contributed by atoms with van der Waals surface area (Å²) in [5.74, 6) is 0.299. The summed E-state index contributed by atoms with van der Waals surface area (Å²) in [6.07, 6.45) is 2.61. The third-order valence-electron chi connectivity index (χ3n) is 5.52. The van der Waals surface area contributed by atoms with Gasteiger partial charge in [-0.2, -0.15) is 5.01 Å². The number of nitrogens with zero attached hydrogens (tertiary/aromatic N) is 4. The standard InChI is InChI=1S/C22H24N6O4S/c1-14-16(10-12-32-14)18-24-25-21(27(18)3)33-13-17(29)26-28-19(30)22(2,23-20(28)31)11-9-15-7-5-4-6-8-15/h4-8,10,12H,9,11,13H2,1-3H3,(H,23,31)(H,26,29)/t22-/m1/s1. The molecule has 1 atom stereocenters. The molecule has 3 aromatic rings. The summed E-state index contributed by atoms with van der Waals surface area (Å²) >= 11 is 1.15. The largest absolute Gasteiger partial charge is 0.469 e. The van der Waals surface area contributed by atoms with E-state index in [0.717, 1.165) is 27.9 Å². The van der Waals surface area contributed by atoms with E-state index < -0.39 is 23.4 Å². The molecule has 1 aliphatic heterocycles. The molecule has 1 saturated heterocycles. The van der Waals surface area contributed by atoms with Gasteiger partial charge in [0.25, 0.3) is 5.91 Å². The zero-order chi connectivity index (χ0) is 23.6. The van der Waals surface area contributed by atoms with Crippen LogP contribution in [0.4, 0.5) is 4.79 Å². The van der Waals surface area contributed by atoms with Crippen molar-refractivity contribution in [2.75, 3.05) is 5.75 Å². The normalized spacial score (nSPS) is 18.0. The van der Waals surface area contributed by atoms with Gasteiger partial charge in [-0.3, -0.25) is 15.0 Å². The van der Waals surface area contributed by atoms with Crippen molar-refractivity contribution in [2.45, 2.75) is 37.4 Å². The van der Waals surface area contributed by atoms with Crippen molar-refractivity contribution in [1.29, 1.82) is 0 Å². The molecule has 0 spiro atoms. The van der Waals surface area contributed by atoms with Crippen LogP contribution in [-0.2, 0) is 23.1 Å². The highest BCUT2D eigenvalue weighted by atomic mass is 32.2. The van der Waals surface area contributed by atoms with Crippen molar-refractivity contribution in [3.63, 3.8) is 0 Å². The van der Waals surface area contributed by atoms with E-state index in [9.17, 15) is 14.4 Å². The first-order valence-electron chi connectivity index (χ1n) is 10.4. The highest BCUT2D eigenvalue weighted by molar-refractivity contribution is 7.99. The molecule has 0 unspecified atom stereocenters. The molecular weight excluding hydrogens is 444 g/mol. The number of carbonyl (C=O) groups is 3. The summed E-state index contributed by atoms with van der Waals surface area (Å²) in [4.78, 5) is 37.7. The lowest BCUT2D eigenvalue weighted by atomic mass is 9.93. The lowest BCUT2D eigenvalue weighted by Crippen LogP contribution is -2.49. The van der Waals surface area contributed by atoms with Crippen LogP contribution in [0.1, 0.15) is 24.7 Å². The molecular formula is C22H24N6O4S. The van der Waals surface area contributed by atoms with Crippen molar-refractivity contribution < 1.29 is 18.8 Å². The topological polar surface area (TPSA) is 122 Å². The maximum absolute atomic E-state index is 12.9. The maximum atomic E-state index is 12.9.